The Bertz CT molecular complexity index is 719. The molecule has 2 nitrogen and oxygen atoms in total. The van der Waals surface area contributed by atoms with E-state index in [0.717, 1.165) is 22.6 Å². The van der Waals surface area contributed by atoms with E-state index in [9.17, 15) is 4.79 Å². The molecule has 0 aliphatic rings. The maximum atomic E-state index is 12.0. The number of amides is 1. The third-order valence-electron chi connectivity index (χ3n) is 3.76. The molecule has 1 N–H and O–H groups in total. The smallest absolute Gasteiger partial charge is 0.224 e. The van der Waals surface area contributed by atoms with E-state index in [4.69, 9.17) is 23.2 Å². The summed E-state index contributed by atoms with van der Waals surface area (Å²) in [6.45, 7) is 4.80. The number of aryl methyl sites for hydroxylation is 2. The Morgan fingerprint density at radius 1 is 1.00 bits per heavy atom. The first-order valence-corrected chi connectivity index (χ1v) is 9.71. The Morgan fingerprint density at radius 3 is 2.46 bits per heavy atom. The summed E-state index contributed by atoms with van der Waals surface area (Å²) in [5, 5.41) is 4.12. The number of carbonyl (C=O) groups excluding carboxylic acids is 1. The zero-order chi connectivity index (χ0) is 17.5. The minimum atomic E-state index is 0.0633. The van der Waals surface area contributed by atoms with Crippen LogP contribution in [0.25, 0.3) is 0 Å². The van der Waals surface area contributed by atoms with Crippen LogP contribution in [0.4, 0.5) is 0 Å². The number of halogens is 2. The van der Waals surface area contributed by atoms with Crippen LogP contribution < -0.4 is 5.32 Å². The van der Waals surface area contributed by atoms with Crippen molar-refractivity contribution in [2.75, 3.05) is 12.3 Å². The first-order valence-electron chi connectivity index (χ1n) is 7.80. The first-order chi connectivity index (χ1) is 11.5. The fourth-order valence-corrected chi connectivity index (χ4v) is 3.37. The second-order valence-corrected chi connectivity index (χ2v) is 7.67. The van der Waals surface area contributed by atoms with E-state index in [2.05, 4.69) is 31.3 Å². The minimum Gasteiger partial charge on any atom is -0.355 e. The molecule has 0 aromatic heterocycles. The van der Waals surface area contributed by atoms with Gasteiger partial charge >= 0.3 is 0 Å². The fraction of sp³-hybridized carbons (Fsp3) is 0.316. The zero-order valence-corrected chi connectivity index (χ0v) is 16.2. The normalized spacial score (nSPS) is 10.7. The average molecular weight is 382 g/mol. The molecule has 5 heteroatoms. The van der Waals surface area contributed by atoms with Crippen molar-refractivity contribution in [3.8, 4) is 0 Å². The Labute approximate surface area is 157 Å². The molecule has 0 fully saturated rings. The summed E-state index contributed by atoms with van der Waals surface area (Å²) in [5.74, 6) is 1.77. The second-order valence-electron chi connectivity index (χ2n) is 5.75. The van der Waals surface area contributed by atoms with Crippen molar-refractivity contribution in [1.82, 2.24) is 5.32 Å². The van der Waals surface area contributed by atoms with Crippen LogP contribution in [0.3, 0.4) is 0 Å². The number of rotatable bonds is 7. The van der Waals surface area contributed by atoms with Gasteiger partial charge in [-0.2, -0.15) is 11.8 Å². The maximum Gasteiger partial charge on any atom is 0.224 e. The van der Waals surface area contributed by atoms with Gasteiger partial charge in [-0.3, -0.25) is 4.79 Å². The number of thioether (sulfide) groups is 1. The van der Waals surface area contributed by atoms with E-state index in [-0.39, 0.29) is 5.91 Å². The predicted octanol–water partition coefficient (Wildman–Crippen LogP) is 5.20. The zero-order valence-electron chi connectivity index (χ0n) is 13.9. The van der Waals surface area contributed by atoms with Crippen molar-refractivity contribution < 1.29 is 4.79 Å². The van der Waals surface area contributed by atoms with Crippen molar-refractivity contribution in [3.63, 3.8) is 0 Å². The summed E-state index contributed by atoms with van der Waals surface area (Å²) in [6.07, 6.45) is 0.429. The van der Waals surface area contributed by atoms with Crippen LogP contribution in [0, 0.1) is 13.8 Å². The van der Waals surface area contributed by atoms with Crippen LogP contribution >= 0.6 is 35.0 Å². The SMILES string of the molecule is Cc1ccc(CC(=O)NCCSCc2ccc(Cl)c(Cl)c2)cc1C. The van der Waals surface area contributed by atoms with Crippen molar-refractivity contribution >= 4 is 40.9 Å². The molecular weight excluding hydrogens is 361 g/mol. The van der Waals surface area contributed by atoms with Crippen molar-refractivity contribution in [2.45, 2.75) is 26.0 Å². The van der Waals surface area contributed by atoms with Gasteiger partial charge in [0.1, 0.15) is 0 Å². The standard InChI is InChI=1S/C19H21Cl2NOS/c1-13-3-4-15(9-14(13)2)11-19(23)22-7-8-24-12-16-5-6-17(20)18(21)10-16/h3-6,9-10H,7-8,11-12H2,1-2H3,(H,22,23). The molecule has 0 saturated heterocycles. The lowest BCUT2D eigenvalue weighted by Crippen LogP contribution is -2.27. The molecule has 0 heterocycles. The summed E-state index contributed by atoms with van der Waals surface area (Å²) in [4.78, 5) is 12.0. The molecule has 1 amide bonds. The van der Waals surface area contributed by atoms with Crippen LogP contribution in [0.5, 0.6) is 0 Å². The summed E-state index contributed by atoms with van der Waals surface area (Å²) in [5.41, 5.74) is 4.66. The molecule has 24 heavy (non-hydrogen) atoms. The highest BCUT2D eigenvalue weighted by molar-refractivity contribution is 7.98. The van der Waals surface area contributed by atoms with E-state index in [1.54, 1.807) is 11.8 Å². The predicted molar refractivity (Wildman–Crippen MR) is 105 cm³/mol. The number of carbonyl (C=O) groups is 1. The van der Waals surface area contributed by atoms with Crippen LogP contribution in [-0.2, 0) is 17.0 Å². The highest BCUT2D eigenvalue weighted by Gasteiger charge is 2.04. The molecule has 2 aromatic carbocycles. The molecule has 0 spiro atoms. The van der Waals surface area contributed by atoms with E-state index in [1.165, 1.54) is 11.1 Å². The monoisotopic (exact) mass is 381 g/mol. The molecule has 0 unspecified atom stereocenters. The topological polar surface area (TPSA) is 29.1 Å². The van der Waals surface area contributed by atoms with Crippen LogP contribution in [0.15, 0.2) is 36.4 Å². The molecule has 0 aliphatic heterocycles. The lowest BCUT2D eigenvalue weighted by molar-refractivity contribution is -0.120. The largest absolute Gasteiger partial charge is 0.355 e. The molecule has 128 valence electrons. The van der Waals surface area contributed by atoms with Crippen LogP contribution in [-0.4, -0.2) is 18.2 Å². The number of hydrogen-bond donors (Lipinski definition) is 1. The van der Waals surface area contributed by atoms with Crippen LogP contribution in [0.1, 0.15) is 22.3 Å². The van der Waals surface area contributed by atoms with E-state index in [0.29, 0.717) is 23.0 Å². The molecule has 0 bridgehead atoms. The highest BCUT2D eigenvalue weighted by atomic mass is 35.5. The Morgan fingerprint density at radius 2 is 1.75 bits per heavy atom. The van der Waals surface area contributed by atoms with Gasteiger partial charge < -0.3 is 5.32 Å². The average Bonchev–Trinajstić information content (AvgIpc) is 2.54. The third-order valence-corrected chi connectivity index (χ3v) is 5.53. The molecule has 2 aromatic rings. The van der Waals surface area contributed by atoms with Gasteiger partial charge in [-0.25, -0.2) is 0 Å². The van der Waals surface area contributed by atoms with Gasteiger partial charge in [-0.15, -0.1) is 0 Å². The second kappa shape index (κ2) is 9.36. The van der Waals surface area contributed by atoms with Crippen LogP contribution in [0.2, 0.25) is 10.0 Å². The van der Waals surface area contributed by atoms with E-state index >= 15 is 0 Å². The van der Waals surface area contributed by atoms with Gasteiger partial charge in [0.25, 0.3) is 0 Å². The Kier molecular flexibility index (Phi) is 7.47. The lowest BCUT2D eigenvalue weighted by atomic mass is 10.0. The van der Waals surface area contributed by atoms with Gasteiger partial charge in [-0.05, 0) is 48.2 Å². The number of nitrogens with one attached hydrogen (secondary N) is 1. The number of benzene rings is 2. The summed E-state index contributed by atoms with van der Waals surface area (Å²) in [7, 11) is 0. The van der Waals surface area contributed by atoms with E-state index in [1.807, 2.05) is 24.3 Å². The van der Waals surface area contributed by atoms with Gasteiger partial charge in [0.05, 0.1) is 16.5 Å². The summed E-state index contributed by atoms with van der Waals surface area (Å²) < 4.78 is 0. The quantitative estimate of drug-likeness (QED) is 0.667. The molecule has 0 radical (unpaired) electrons. The van der Waals surface area contributed by atoms with Gasteiger partial charge in [-0.1, -0.05) is 47.5 Å². The van der Waals surface area contributed by atoms with Gasteiger partial charge in [0, 0.05) is 18.1 Å². The summed E-state index contributed by atoms with van der Waals surface area (Å²) in [6, 6.07) is 11.8. The third kappa shape index (κ3) is 6.04. The molecule has 0 saturated carbocycles. The lowest BCUT2D eigenvalue weighted by Gasteiger charge is -2.07. The summed E-state index contributed by atoms with van der Waals surface area (Å²) >= 11 is 13.7. The van der Waals surface area contributed by atoms with Crippen molar-refractivity contribution in [2.24, 2.45) is 0 Å². The highest BCUT2D eigenvalue weighted by Crippen LogP contribution is 2.24. The molecule has 2 rings (SSSR count). The minimum absolute atomic E-state index is 0.0633. The Balaban J connectivity index is 1.67. The molecule has 0 aliphatic carbocycles. The fourth-order valence-electron chi connectivity index (χ4n) is 2.24. The molecular formula is C19H21Cl2NOS. The molecule has 0 atom stereocenters. The maximum absolute atomic E-state index is 12.0. The van der Waals surface area contributed by atoms with Crippen molar-refractivity contribution in [3.05, 3.63) is 68.7 Å². The van der Waals surface area contributed by atoms with E-state index < -0.39 is 0 Å². The number of hydrogen-bond acceptors (Lipinski definition) is 2. The van der Waals surface area contributed by atoms with Gasteiger partial charge in [0.15, 0.2) is 0 Å². The first kappa shape index (κ1) is 19.2. The van der Waals surface area contributed by atoms with Crippen molar-refractivity contribution in [1.29, 1.82) is 0 Å². The Hall–Kier alpha value is -1.16. The van der Waals surface area contributed by atoms with Gasteiger partial charge in [0.2, 0.25) is 5.91 Å².